The van der Waals surface area contributed by atoms with E-state index in [1.165, 1.54) is 23.9 Å². The third-order valence-corrected chi connectivity index (χ3v) is 5.17. The number of imidazole rings is 1. The van der Waals surface area contributed by atoms with Crippen LogP contribution in [0.5, 0.6) is 0 Å². The Balaban J connectivity index is 1.96. The van der Waals surface area contributed by atoms with Crippen molar-refractivity contribution in [1.82, 2.24) is 19.4 Å². The minimum Gasteiger partial charge on any atom is -0.313 e. The highest BCUT2D eigenvalue weighted by Crippen LogP contribution is 2.53. The van der Waals surface area contributed by atoms with Gasteiger partial charge < -0.3 is 9.38 Å². The fourth-order valence-corrected chi connectivity index (χ4v) is 3.73. The zero-order valence-electron chi connectivity index (χ0n) is 14.0. The Bertz CT molecular complexity index is 1040. The molecular weight excluding hydrogens is 304 g/mol. The Morgan fingerprint density at radius 2 is 2.08 bits per heavy atom. The van der Waals surface area contributed by atoms with Crippen LogP contribution in [0.2, 0.25) is 0 Å². The Morgan fingerprint density at radius 1 is 1.29 bits per heavy atom. The molecule has 2 atom stereocenters. The van der Waals surface area contributed by atoms with Crippen molar-refractivity contribution in [1.29, 1.82) is 0 Å². The molecule has 2 N–H and O–H groups in total. The molecule has 6 nitrogen and oxygen atoms in total. The number of rotatable bonds is 3. The van der Waals surface area contributed by atoms with Gasteiger partial charge in [0.05, 0.1) is 5.56 Å². The molecule has 1 aliphatic rings. The minimum absolute atomic E-state index is 0.394. The molecule has 3 heterocycles. The number of pyridine rings is 1. The predicted octanol–water partition coefficient (Wildman–Crippen LogP) is 2.45. The van der Waals surface area contributed by atoms with Crippen LogP contribution in [0.4, 0.5) is 0 Å². The van der Waals surface area contributed by atoms with E-state index in [1.54, 1.807) is 6.20 Å². The van der Waals surface area contributed by atoms with Crippen LogP contribution in [-0.2, 0) is 0 Å². The molecule has 0 aromatic carbocycles. The van der Waals surface area contributed by atoms with Crippen molar-refractivity contribution >= 4 is 5.65 Å². The number of aromatic nitrogens is 4. The molecule has 0 saturated heterocycles. The lowest BCUT2D eigenvalue weighted by Gasteiger charge is -2.13. The first-order valence-electron chi connectivity index (χ1n) is 8.26. The van der Waals surface area contributed by atoms with E-state index < -0.39 is 11.2 Å². The third-order valence-electron chi connectivity index (χ3n) is 5.17. The highest BCUT2D eigenvalue weighted by atomic mass is 16.2. The van der Waals surface area contributed by atoms with E-state index in [9.17, 15) is 9.59 Å². The van der Waals surface area contributed by atoms with Gasteiger partial charge in [-0.3, -0.25) is 9.78 Å². The van der Waals surface area contributed by atoms with Gasteiger partial charge in [-0.1, -0.05) is 13.8 Å². The molecule has 4 rings (SSSR count). The Hall–Kier alpha value is -2.63. The standard InChI is InChI=1S/C18H20N4O2/c1-9(2)11-6-13(11)12-7-14(15-8-20-18(24)21-17(15)23)16-19-4-5-22(16)10(12)3/h4-5,7-9,11,13H,6H2,1-3H3,(H2,20,21,23,24)/t11-,13+/m1/s1. The van der Waals surface area contributed by atoms with Crippen molar-refractivity contribution in [2.24, 2.45) is 11.8 Å². The number of H-pyrrole nitrogens is 2. The van der Waals surface area contributed by atoms with Crippen LogP contribution in [0.25, 0.3) is 16.8 Å². The van der Waals surface area contributed by atoms with E-state index in [-0.39, 0.29) is 0 Å². The van der Waals surface area contributed by atoms with Crippen molar-refractivity contribution < 1.29 is 0 Å². The summed E-state index contributed by atoms with van der Waals surface area (Å²) in [6.45, 7) is 6.60. The second-order valence-electron chi connectivity index (χ2n) is 6.96. The van der Waals surface area contributed by atoms with Gasteiger partial charge >= 0.3 is 5.69 Å². The Morgan fingerprint density at radius 3 is 2.75 bits per heavy atom. The Labute approximate surface area is 138 Å². The molecule has 0 aliphatic heterocycles. The fraction of sp³-hybridized carbons (Fsp3) is 0.389. The van der Waals surface area contributed by atoms with Crippen molar-refractivity contribution in [2.45, 2.75) is 33.1 Å². The van der Waals surface area contributed by atoms with Gasteiger partial charge in [-0.2, -0.15) is 0 Å². The maximum absolute atomic E-state index is 12.2. The van der Waals surface area contributed by atoms with E-state index in [4.69, 9.17) is 0 Å². The van der Waals surface area contributed by atoms with Crippen LogP contribution >= 0.6 is 0 Å². The van der Waals surface area contributed by atoms with Crippen LogP contribution in [0, 0.1) is 18.8 Å². The molecule has 24 heavy (non-hydrogen) atoms. The van der Waals surface area contributed by atoms with E-state index in [1.807, 2.05) is 10.6 Å². The first kappa shape index (κ1) is 14.9. The smallest absolute Gasteiger partial charge is 0.313 e. The first-order chi connectivity index (χ1) is 11.5. The predicted molar refractivity (Wildman–Crippen MR) is 92.3 cm³/mol. The number of nitrogens with zero attached hydrogens (tertiary/aromatic N) is 2. The van der Waals surface area contributed by atoms with E-state index >= 15 is 0 Å². The molecule has 0 radical (unpaired) electrons. The van der Waals surface area contributed by atoms with Crippen molar-refractivity contribution in [3.63, 3.8) is 0 Å². The van der Waals surface area contributed by atoms with Gasteiger partial charge in [-0.15, -0.1) is 0 Å². The quantitative estimate of drug-likeness (QED) is 0.776. The van der Waals surface area contributed by atoms with Gasteiger partial charge in [0.2, 0.25) is 0 Å². The zero-order valence-corrected chi connectivity index (χ0v) is 14.0. The number of hydrogen-bond acceptors (Lipinski definition) is 3. The monoisotopic (exact) mass is 324 g/mol. The number of nitrogens with one attached hydrogen (secondary N) is 2. The number of aromatic amines is 2. The summed E-state index contributed by atoms with van der Waals surface area (Å²) in [6.07, 6.45) is 6.31. The molecule has 1 aliphatic carbocycles. The summed E-state index contributed by atoms with van der Waals surface area (Å²) in [5.74, 6) is 1.86. The summed E-state index contributed by atoms with van der Waals surface area (Å²) in [5.41, 5.74) is 3.46. The van der Waals surface area contributed by atoms with E-state index in [0.29, 0.717) is 23.3 Å². The topological polar surface area (TPSA) is 83.0 Å². The molecule has 3 aromatic heterocycles. The molecule has 124 valence electrons. The van der Waals surface area contributed by atoms with Gasteiger partial charge in [0.1, 0.15) is 5.65 Å². The molecule has 0 unspecified atom stereocenters. The lowest BCUT2D eigenvalue weighted by Crippen LogP contribution is -2.22. The van der Waals surface area contributed by atoms with Gasteiger partial charge in [-0.05, 0) is 42.7 Å². The van der Waals surface area contributed by atoms with Gasteiger partial charge in [0, 0.05) is 29.8 Å². The van der Waals surface area contributed by atoms with Crippen molar-refractivity contribution in [3.8, 4) is 11.1 Å². The highest BCUT2D eigenvalue weighted by Gasteiger charge is 2.41. The Kier molecular flexibility index (Phi) is 3.23. The average Bonchev–Trinajstić information content (AvgIpc) is 3.17. The molecular formula is C18H20N4O2. The normalized spacial score (nSPS) is 20.0. The first-order valence-corrected chi connectivity index (χ1v) is 8.26. The lowest BCUT2D eigenvalue weighted by atomic mass is 9.98. The van der Waals surface area contributed by atoms with Gasteiger partial charge in [-0.25, -0.2) is 9.78 Å². The number of aryl methyl sites for hydroxylation is 1. The second kappa shape index (κ2) is 5.19. The van der Waals surface area contributed by atoms with E-state index in [0.717, 1.165) is 11.2 Å². The number of hydrogen-bond donors (Lipinski definition) is 2. The SMILES string of the molecule is Cc1c([C@H]2C[C@@H]2C(C)C)cc(-c2c[nH]c(=O)[nH]c2=O)c2nccn12. The second-order valence-corrected chi connectivity index (χ2v) is 6.96. The van der Waals surface area contributed by atoms with E-state index in [2.05, 4.69) is 41.8 Å². The lowest BCUT2D eigenvalue weighted by molar-refractivity contribution is 0.548. The molecule has 0 amide bonds. The van der Waals surface area contributed by atoms with Crippen LogP contribution < -0.4 is 11.2 Å². The summed E-state index contributed by atoms with van der Waals surface area (Å²) in [4.78, 5) is 32.8. The molecule has 0 bridgehead atoms. The van der Waals surface area contributed by atoms with Crippen LogP contribution in [0.1, 0.15) is 37.4 Å². The average molecular weight is 324 g/mol. The molecule has 6 heteroatoms. The zero-order chi connectivity index (χ0) is 17.0. The minimum atomic E-state index is -0.502. The summed E-state index contributed by atoms with van der Waals surface area (Å²) in [6, 6.07) is 2.08. The third kappa shape index (κ3) is 2.21. The van der Waals surface area contributed by atoms with Crippen molar-refractivity contribution in [2.75, 3.05) is 0 Å². The van der Waals surface area contributed by atoms with Crippen LogP contribution in [0.3, 0.4) is 0 Å². The highest BCUT2D eigenvalue weighted by molar-refractivity contribution is 5.78. The van der Waals surface area contributed by atoms with Crippen molar-refractivity contribution in [3.05, 3.63) is 56.8 Å². The maximum atomic E-state index is 12.2. The summed E-state index contributed by atoms with van der Waals surface area (Å²) >= 11 is 0. The summed E-state index contributed by atoms with van der Waals surface area (Å²) in [7, 11) is 0. The largest absolute Gasteiger partial charge is 0.325 e. The maximum Gasteiger partial charge on any atom is 0.325 e. The van der Waals surface area contributed by atoms with Gasteiger partial charge in [0.15, 0.2) is 0 Å². The number of fused-ring (bicyclic) bond motifs is 1. The molecule has 3 aromatic rings. The van der Waals surface area contributed by atoms with Crippen LogP contribution in [-0.4, -0.2) is 19.4 Å². The van der Waals surface area contributed by atoms with Gasteiger partial charge in [0.25, 0.3) is 5.56 Å². The summed E-state index contributed by atoms with van der Waals surface area (Å²) < 4.78 is 2.03. The molecule has 0 spiro atoms. The molecule has 1 saturated carbocycles. The van der Waals surface area contributed by atoms with Crippen LogP contribution in [0.15, 0.2) is 34.2 Å². The fourth-order valence-electron chi connectivity index (χ4n) is 3.73. The summed E-state index contributed by atoms with van der Waals surface area (Å²) in [5, 5.41) is 0. The molecule has 1 fully saturated rings.